The average molecular weight is 235 g/mol. The molecule has 1 heterocycles. The van der Waals surface area contributed by atoms with E-state index in [1.54, 1.807) is 18.2 Å². The molecule has 0 saturated heterocycles. The second kappa shape index (κ2) is 3.85. The molecule has 1 unspecified atom stereocenters. The maximum absolute atomic E-state index is 9.57. The molecule has 0 aromatic heterocycles. The molecule has 76 valence electrons. The number of alkyl halides is 2. The number of ether oxygens (including phenoxy) is 2. The molecular formula is C9H8Cl2O3. The van der Waals surface area contributed by atoms with Gasteiger partial charge >= 0.3 is 0 Å². The molecule has 1 atom stereocenters. The summed E-state index contributed by atoms with van der Waals surface area (Å²) in [6.07, 6.45) is -0.909. The quantitative estimate of drug-likeness (QED) is 0.799. The highest BCUT2D eigenvalue weighted by Gasteiger charge is 2.20. The Kier molecular flexibility index (Phi) is 2.72. The summed E-state index contributed by atoms with van der Waals surface area (Å²) in [7, 11) is 0. The fourth-order valence-corrected chi connectivity index (χ4v) is 1.53. The third kappa shape index (κ3) is 1.75. The van der Waals surface area contributed by atoms with Crippen LogP contribution in [0.4, 0.5) is 0 Å². The molecule has 0 radical (unpaired) electrons. The fourth-order valence-electron chi connectivity index (χ4n) is 1.24. The summed E-state index contributed by atoms with van der Waals surface area (Å²) >= 11 is 11.1. The Labute approximate surface area is 91.1 Å². The van der Waals surface area contributed by atoms with Gasteiger partial charge in [0.15, 0.2) is 11.5 Å². The summed E-state index contributed by atoms with van der Waals surface area (Å²) in [6.45, 7) is 0.208. The van der Waals surface area contributed by atoms with E-state index in [4.69, 9.17) is 32.7 Å². The zero-order valence-corrected chi connectivity index (χ0v) is 8.63. The monoisotopic (exact) mass is 234 g/mol. The minimum absolute atomic E-state index is 0.208. The van der Waals surface area contributed by atoms with Crippen molar-refractivity contribution in [1.29, 1.82) is 0 Å². The second-order valence-corrected chi connectivity index (χ2v) is 4.06. The van der Waals surface area contributed by atoms with Crippen molar-refractivity contribution in [3.8, 4) is 11.5 Å². The van der Waals surface area contributed by atoms with E-state index in [0.29, 0.717) is 17.1 Å². The largest absolute Gasteiger partial charge is 0.454 e. The summed E-state index contributed by atoms with van der Waals surface area (Å²) < 4.78 is 10.3. The molecule has 2 rings (SSSR count). The minimum atomic E-state index is -0.909. The summed E-state index contributed by atoms with van der Waals surface area (Å²) in [5, 5.41) is 9.57. The lowest BCUT2D eigenvalue weighted by Crippen LogP contribution is -2.05. The molecule has 1 aliphatic rings. The Morgan fingerprint density at radius 1 is 1.21 bits per heavy atom. The molecule has 1 N–H and O–H groups in total. The van der Waals surface area contributed by atoms with E-state index in [-0.39, 0.29) is 6.79 Å². The molecule has 1 aromatic rings. The van der Waals surface area contributed by atoms with Crippen LogP contribution in [0.3, 0.4) is 0 Å². The van der Waals surface area contributed by atoms with Gasteiger partial charge in [0.05, 0.1) is 0 Å². The van der Waals surface area contributed by atoms with E-state index in [2.05, 4.69) is 0 Å². The number of aliphatic hydroxyl groups excluding tert-OH is 1. The van der Waals surface area contributed by atoms with Gasteiger partial charge in [0.25, 0.3) is 0 Å². The van der Waals surface area contributed by atoms with Crippen molar-refractivity contribution in [2.45, 2.75) is 10.9 Å². The van der Waals surface area contributed by atoms with Gasteiger partial charge in [-0.25, -0.2) is 0 Å². The highest BCUT2D eigenvalue weighted by molar-refractivity contribution is 6.44. The standard InChI is InChI=1S/C9H8Cl2O3/c10-9(11)8(12)5-1-2-6-7(3-5)14-4-13-6/h1-3,8-9,12H,4H2. The maximum Gasteiger partial charge on any atom is 0.231 e. The number of halogens is 2. The molecule has 1 aliphatic heterocycles. The summed E-state index contributed by atoms with van der Waals surface area (Å²) in [5.74, 6) is 1.28. The van der Waals surface area contributed by atoms with Crippen molar-refractivity contribution >= 4 is 23.2 Å². The molecule has 3 nitrogen and oxygen atoms in total. The third-order valence-corrected chi connectivity index (χ3v) is 2.45. The van der Waals surface area contributed by atoms with E-state index >= 15 is 0 Å². The molecule has 1 aromatic carbocycles. The van der Waals surface area contributed by atoms with Gasteiger partial charge < -0.3 is 14.6 Å². The van der Waals surface area contributed by atoms with E-state index < -0.39 is 10.9 Å². The van der Waals surface area contributed by atoms with Gasteiger partial charge in [-0.1, -0.05) is 6.07 Å². The van der Waals surface area contributed by atoms with Crippen LogP contribution in [-0.2, 0) is 0 Å². The molecule has 0 fully saturated rings. The first kappa shape index (κ1) is 9.90. The van der Waals surface area contributed by atoms with E-state index in [1.165, 1.54) is 0 Å². The first-order chi connectivity index (χ1) is 6.68. The van der Waals surface area contributed by atoms with Crippen LogP contribution in [0.5, 0.6) is 11.5 Å². The van der Waals surface area contributed by atoms with Crippen molar-refractivity contribution in [2.75, 3.05) is 6.79 Å². The second-order valence-electron chi connectivity index (χ2n) is 2.89. The summed E-state index contributed by atoms with van der Waals surface area (Å²) in [5.41, 5.74) is 0.615. The SMILES string of the molecule is OC(c1ccc2c(c1)OCO2)C(Cl)Cl. The Balaban J connectivity index is 2.28. The van der Waals surface area contributed by atoms with Gasteiger partial charge in [-0.05, 0) is 17.7 Å². The van der Waals surface area contributed by atoms with Crippen molar-refractivity contribution in [1.82, 2.24) is 0 Å². The normalized spacial score (nSPS) is 16.0. The van der Waals surface area contributed by atoms with Crippen LogP contribution in [-0.4, -0.2) is 16.7 Å². The Hall–Kier alpha value is -0.640. The lowest BCUT2D eigenvalue weighted by molar-refractivity contribution is 0.173. The third-order valence-electron chi connectivity index (χ3n) is 1.98. The predicted molar refractivity (Wildman–Crippen MR) is 53.0 cm³/mol. The van der Waals surface area contributed by atoms with E-state index in [1.807, 2.05) is 0 Å². The molecule has 14 heavy (non-hydrogen) atoms. The van der Waals surface area contributed by atoms with Gasteiger partial charge in [-0.3, -0.25) is 0 Å². The van der Waals surface area contributed by atoms with Crippen LogP contribution in [0.2, 0.25) is 0 Å². The Morgan fingerprint density at radius 2 is 1.93 bits per heavy atom. The van der Waals surface area contributed by atoms with Crippen LogP contribution in [0.1, 0.15) is 11.7 Å². The van der Waals surface area contributed by atoms with Crippen molar-refractivity contribution in [3.05, 3.63) is 23.8 Å². The van der Waals surface area contributed by atoms with Crippen molar-refractivity contribution < 1.29 is 14.6 Å². The first-order valence-corrected chi connectivity index (χ1v) is 4.91. The summed E-state index contributed by atoms with van der Waals surface area (Å²) in [6, 6.07) is 5.09. The van der Waals surface area contributed by atoms with Gasteiger partial charge in [-0.2, -0.15) is 0 Å². The smallest absolute Gasteiger partial charge is 0.231 e. The van der Waals surface area contributed by atoms with E-state index in [0.717, 1.165) is 0 Å². The molecule has 0 saturated carbocycles. The number of hydrogen-bond acceptors (Lipinski definition) is 3. The lowest BCUT2D eigenvalue weighted by atomic mass is 10.1. The number of aliphatic hydroxyl groups is 1. The molecule has 0 amide bonds. The molecule has 5 heteroatoms. The van der Waals surface area contributed by atoms with Gasteiger partial charge in [0.2, 0.25) is 6.79 Å². The highest BCUT2D eigenvalue weighted by atomic mass is 35.5. The van der Waals surface area contributed by atoms with Crippen LogP contribution in [0.25, 0.3) is 0 Å². The van der Waals surface area contributed by atoms with Crippen LogP contribution in [0, 0.1) is 0 Å². The average Bonchev–Trinajstić information content (AvgIpc) is 2.62. The van der Waals surface area contributed by atoms with Crippen LogP contribution >= 0.6 is 23.2 Å². The molecule has 0 spiro atoms. The lowest BCUT2D eigenvalue weighted by Gasteiger charge is -2.11. The molecule has 0 bridgehead atoms. The van der Waals surface area contributed by atoms with Gasteiger partial charge in [-0.15, -0.1) is 23.2 Å². The van der Waals surface area contributed by atoms with Gasteiger partial charge in [0, 0.05) is 0 Å². The predicted octanol–water partition coefficient (Wildman–Crippen LogP) is 2.25. The number of hydrogen-bond donors (Lipinski definition) is 1. The maximum atomic E-state index is 9.57. The number of benzene rings is 1. The fraction of sp³-hybridized carbons (Fsp3) is 0.333. The van der Waals surface area contributed by atoms with Crippen LogP contribution in [0.15, 0.2) is 18.2 Å². The number of fused-ring (bicyclic) bond motifs is 1. The molecule has 0 aliphatic carbocycles. The minimum Gasteiger partial charge on any atom is -0.454 e. The number of rotatable bonds is 2. The zero-order chi connectivity index (χ0) is 10.1. The topological polar surface area (TPSA) is 38.7 Å². The first-order valence-electron chi connectivity index (χ1n) is 4.04. The Morgan fingerprint density at radius 3 is 2.64 bits per heavy atom. The summed E-state index contributed by atoms with van der Waals surface area (Å²) in [4.78, 5) is -0.852. The Bertz CT molecular complexity index is 341. The van der Waals surface area contributed by atoms with Crippen molar-refractivity contribution in [3.63, 3.8) is 0 Å². The molecular weight excluding hydrogens is 227 g/mol. The van der Waals surface area contributed by atoms with Crippen LogP contribution < -0.4 is 9.47 Å². The highest BCUT2D eigenvalue weighted by Crippen LogP contribution is 2.35. The van der Waals surface area contributed by atoms with Crippen molar-refractivity contribution in [2.24, 2.45) is 0 Å². The zero-order valence-electron chi connectivity index (χ0n) is 7.11. The van der Waals surface area contributed by atoms with Gasteiger partial charge in [0.1, 0.15) is 10.9 Å². The van der Waals surface area contributed by atoms with E-state index in [9.17, 15) is 5.11 Å².